The van der Waals surface area contributed by atoms with Crippen LogP contribution in [0.15, 0.2) is 6.07 Å². The summed E-state index contributed by atoms with van der Waals surface area (Å²) in [5, 5.41) is 11.5. The zero-order chi connectivity index (χ0) is 14.9. The molecule has 0 fully saturated rings. The molecule has 1 aliphatic carbocycles. The normalized spacial score (nSPS) is 17.8. The Morgan fingerprint density at radius 2 is 2.25 bits per heavy atom. The van der Waals surface area contributed by atoms with E-state index in [1.165, 1.54) is 13.0 Å². The summed E-state index contributed by atoms with van der Waals surface area (Å²) in [6.45, 7) is 2.91. The number of fused-ring (bicyclic) bond motifs is 1. The second-order valence-corrected chi connectivity index (χ2v) is 5.18. The number of ketones is 1. The van der Waals surface area contributed by atoms with Gasteiger partial charge in [0.25, 0.3) is 0 Å². The van der Waals surface area contributed by atoms with Crippen LogP contribution in [0.2, 0.25) is 0 Å². The number of halogens is 1. The van der Waals surface area contributed by atoms with Gasteiger partial charge in [0.05, 0.1) is 5.69 Å². The van der Waals surface area contributed by atoms with E-state index in [9.17, 15) is 14.0 Å². The minimum atomic E-state index is -0.416. The number of nitrogens with one attached hydrogen (secondary N) is 1. The molecular formula is C15H18FNO3. The van der Waals surface area contributed by atoms with E-state index in [2.05, 4.69) is 5.32 Å². The average Bonchev–Trinajstić information content (AvgIpc) is 2.37. The summed E-state index contributed by atoms with van der Waals surface area (Å²) in [5.41, 5.74) is 1.78. The van der Waals surface area contributed by atoms with E-state index in [4.69, 9.17) is 5.11 Å². The molecule has 0 spiro atoms. The van der Waals surface area contributed by atoms with E-state index < -0.39 is 5.82 Å². The number of amides is 1. The number of benzene rings is 1. The minimum absolute atomic E-state index is 0.0542. The Kier molecular flexibility index (Phi) is 4.18. The molecule has 0 bridgehead atoms. The quantitative estimate of drug-likeness (QED) is 0.891. The van der Waals surface area contributed by atoms with Crippen molar-refractivity contribution in [1.29, 1.82) is 0 Å². The predicted octanol–water partition coefficient (Wildman–Crippen LogP) is 2.22. The number of hydrogen-bond acceptors (Lipinski definition) is 3. The lowest BCUT2D eigenvalue weighted by atomic mass is 9.78. The maximum Gasteiger partial charge on any atom is 0.221 e. The monoisotopic (exact) mass is 279 g/mol. The molecule has 2 rings (SSSR count). The summed E-state index contributed by atoms with van der Waals surface area (Å²) in [4.78, 5) is 23.7. The average molecular weight is 279 g/mol. The van der Waals surface area contributed by atoms with Crippen molar-refractivity contribution in [2.45, 2.75) is 33.1 Å². The number of aliphatic hydroxyl groups excluding tert-OH is 1. The van der Waals surface area contributed by atoms with Gasteiger partial charge in [-0.05, 0) is 43.4 Å². The topological polar surface area (TPSA) is 66.4 Å². The van der Waals surface area contributed by atoms with Crippen molar-refractivity contribution in [3.8, 4) is 0 Å². The molecular weight excluding hydrogens is 261 g/mol. The third kappa shape index (κ3) is 2.58. The molecule has 0 saturated carbocycles. The summed E-state index contributed by atoms with van der Waals surface area (Å²) in [6.07, 6.45) is 1.59. The molecule has 108 valence electrons. The van der Waals surface area contributed by atoms with Crippen LogP contribution in [-0.2, 0) is 11.2 Å². The van der Waals surface area contributed by atoms with Gasteiger partial charge in [-0.1, -0.05) is 0 Å². The van der Waals surface area contributed by atoms with Crippen LogP contribution in [0.25, 0.3) is 0 Å². The van der Waals surface area contributed by atoms with E-state index in [0.717, 1.165) is 0 Å². The van der Waals surface area contributed by atoms with Gasteiger partial charge in [-0.2, -0.15) is 0 Å². The molecule has 20 heavy (non-hydrogen) atoms. The van der Waals surface area contributed by atoms with Crippen LogP contribution in [0.3, 0.4) is 0 Å². The number of anilines is 1. The van der Waals surface area contributed by atoms with E-state index in [-0.39, 0.29) is 29.9 Å². The van der Waals surface area contributed by atoms with Crippen LogP contribution in [0.4, 0.5) is 10.1 Å². The first-order valence-electron chi connectivity index (χ1n) is 6.70. The van der Waals surface area contributed by atoms with Gasteiger partial charge in [0.15, 0.2) is 5.78 Å². The fourth-order valence-corrected chi connectivity index (χ4v) is 2.77. The predicted molar refractivity (Wildman–Crippen MR) is 73.3 cm³/mol. The van der Waals surface area contributed by atoms with Crippen molar-refractivity contribution < 1.29 is 19.1 Å². The largest absolute Gasteiger partial charge is 0.396 e. The lowest BCUT2D eigenvalue weighted by Crippen LogP contribution is -2.26. The maximum atomic E-state index is 13.9. The first-order chi connectivity index (χ1) is 9.45. The van der Waals surface area contributed by atoms with Crippen molar-refractivity contribution in [3.05, 3.63) is 28.6 Å². The summed E-state index contributed by atoms with van der Waals surface area (Å²) >= 11 is 0. The lowest BCUT2D eigenvalue weighted by Gasteiger charge is -2.26. The van der Waals surface area contributed by atoms with Gasteiger partial charge in [0, 0.05) is 25.0 Å². The highest BCUT2D eigenvalue weighted by Gasteiger charge is 2.31. The molecule has 0 heterocycles. The summed E-state index contributed by atoms with van der Waals surface area (Å²) in [6, 6.07) is 1.20. The lowest BCUT2D eigenvalue weighted by molar-refractivity contribution is -0.114. The number of hydrogen-bond donors (Lipinski definition) is 2. The van der Waals surface area contributed by atoms with Gasteiger partial charge in [-0.3, -0.25) is 9.59 Å². The molecule has 0 aliphatic heterocycles. The van der Waals surface area contributed by atoms with Crippen LogP contribution in [0.1, 0.15) is 41.3 Å². The van der Waals surface area contributed by atoms with Crippen molar-refractivity contribution >= 4 is 17.4 Å². The Balaban J connectivity index is 2.54. The van der Waals surface area contributed by atoms with Crippen molar-refractivity contribution in [3.63, 3.8) is 0 Å². The fourth-order valence-electron chi connectivity index (χ4n) is 2.77. The highest BCUT2D eigenvalue weighted by atomic mass is 19.1. The Hall–Kier alpha value is -1.75. The Bertz CT molecular complexity index is 569. The Morgan fingerprint density at radius 3 is 2.85 bits per heavy atom. The number of Topliss-reactive ketones (excluding diaryl/α,β-unsaturated/α-hetero) is 1. The summed E-state index contributed by atoms with van der Waals surface area (Å²) < 4.78 is 13.9. The van der Waals surface area contributed by atoms with E-state index >= 15 is 0 Å². The first kappa shape index (κ1) is 14.7. The van der Waals surface area contributed by atoms with Crippen LogP contribution < -0.4 is 5.32 Å². The van der Waals surface area contributed by atoms with Gasteiger partial charge in [0.2, 0.25) is 5.91 Å². The summed E-state index contributed by atoms with van der Waals surface area (Å²) in [7, 11) is 0. The van der Waals surface area contributed by atoms with Gasteiger partial charge in [-0.25, -0.2) is 4.39 Å². The standard InChI is InChI=1S/C15H18FNO3/c1-8-11-4-3-10(5-6-18)15(20)14(11)13(7-12(8)16)17-9(2)19/h7,10,18H,3-6H2,1-2H3,(H,17,19). The fraction of sp³-hybridized carbons (Fsp3) is 0.467. The van der Waals surface area contributed by atoms with Crippen molar-refractivity contribution in [2.75, 3.05) is 11.9 Å². The highest BCUT2D eigenvalue weighted by molar-refractivity contribution is 6.07. The molecule has 1 unspecified atom stereocenters. The SMILES string of the molecule is CC(=O)Nc1cc(F)c(C)c2c1C(=O)C(CCO)CC2. The molecule has 1 atom stereocenters. The van der Waals surface area contributed by atoms with Gasteiger partial charge < -0.3 is 10.4 Å². The molecule has 1 amide bonds. The van der Waals surface area contributed by atoms with Crippen LogP contribution >= 0.6 is 0 Å². The molecule has 0 aromatic heterocycles. The van der Waals surface area contributed by atoms with Gasteiger partial charge in [0.1, 0.15) is 5.82 Å². The molecule has 4 nitrogen and oxygen atoms in total. The van der Waals surface area contributed by atoms with Crippen molar-refractivity contribution in [1.82, 2.24) is 0 Å². The van der Waals surface area contributed by atoms with Crippen LogP contribution in [0, 0.1) is 18.7 Å². The molecule has 5 heteroatoms. The third-order valence-corrected chi connectivity index (χ3v) is 3.80. The third-order valence-electron chi connectivity index (χ3n) is 3.80. The molecule has 1 aromatic carbocycles. The van der Waals surface area contributed by atoms with Crippen LogP contribution in [0.5, 0.6) is 0 Å². The number of aliphatic hydroxyl groups is 1. The molecule has 1 aliphatic rings. The van der Waals surface area contributed by atoms with Gasteiger partial charge in [-0.15, -0.1) is 0 Å². The number of rotatable bonds is 3. The first-order valence-corrected chi connectivity index (χ1v) is 6.70. The summed E-state index contributed by atoms with van der Waals surface area (Å²) in [5.74, 6) is -1.13. The molecule has 2 N–H and O–H groups in total. The smallest absolute Gasteiger partial charge is 0.221 e. The minimum Gasteiger partial charge on any atom is -0.396 e. The Labute approximate surface area is 117 Å². The second-order valence-electron chi connectivity index (χ2n) is 5.18. The number of carbonyl (C=O) groups excluding carboxylic acids is 2. The number of carbonyl (C=O) groups is 2. The molecule has 0 radical (unpaired) electrons. The highest BCUT2D eigenvalue weighted by Crippen LogP contribution is 2.35. The van der Waals surface area contributed by atoms with E-state index in [1.807, 2.05) is 0 Å². The molecule has 0 saturated heterocycles. The van der Waals surface area contributed by atoms with E-state index in [0.29, 0.717) is 36.0 Å². The zero-order valence-electron chi connectivity index (χ0n) is 11.6. The van der Waals surface area contributed by atoms with Gasteiger partial charge >= 0.3 is 0 Å². The molecule has 1 aromatic rings. The zero-order valence-corrected chi connectivity index (χ0v) is 11.6. The Morgan fingerprint density at radius 1 is 1.55 bits per heavy atom. The van der Waals surface area contributed by atoms with Crippen LogP contribution in [-0.4, -0.2) is 23.4 Å². The van der Waals surface area contributed by atoms with E-state index in [1.54, 1.807) is 6.92 Å². The van der Waals surface area contributed by atoms with Crippen molar-refractivity contribution in [2.24, 2.45) is 5.92 Å². The maximum absolute atomic E-state index is 13.9. The second kappa shape index (κ2) is 5.71.